The van der Waals surface area contributed by atoms with E-state index in [2.05, 4.69) is 10.1 Å². The maximum atomic E-state index is 11.3. The number of hydrogen-bond acceptors (Lipinski definition) is 5. The van der Waals surface area contributed by atoms with Crippen LogP contribution in [0.5, 0.6) is 0 Å². The molecule has 0 spiro atoms. The number of thiazole rings is 1. The van der Waals surface area contributed by atoms with E-state index >= 15 is 0 Å². The summed E-state index contributed by atoms with van der Waals surface area (Å²) in [6, 6.07) is 0. The standard InChI is InChI=1S/C7H8N4OS/c1-4-3-9-7(13-4)11-6(12)2-5(8)10-11/h3H,2H2,1H3,(H2,8,10). The van der Waals surface area contributed by atoms with E-state index in [0.717, 1.165) is 4.88 Å². The summed E-state index contributed by atoms with van der Waals surface area (Å²) in [7, 11) is 0. The molecule has 68 valence electrons. The number of anilines is 1. The second-order valence-electron chi connectivity index (χ2n) is 2.73. The van der Waals surface area contributed by atoms with Crippen molar-refractivity contribution < 1.29 is 4.79 Å². The zero-order chi connectivity index (χ0) is 9.42. The lowest BCUT2D eigenvalue weighted by Gasteiger charge is -2.04. The van der Waals surface area contributed by atoms with E-state index in [-0.39, 0.29) is 12.3 Å². The first-order chi connectivity index (χ1) is 6.16. The Morgan fingerprint density at radius 3 is 2.92 bits per heavy atom. The van der Waals surface area contributed by atoms with Crippen molar-refractivity contribution in [2.45, 2.75) is 13.3 Å². The SMILES string of the molecule is Cc1cnc(N2N=C(N)CC2=O)s1. The first-order valence-electron chi connectivity index (χ1n) is 3.75. The van der Waals surface area contributed by atoms with Gasteiger partial charge in [-0.15, -0.1) is 16.4 Å². The molecule has 0 atom stereocenters. The van der Waals surface area contributed by atoms with Gasteiger partial charge in [-0.05, 0) is 6.92 Å². The Hall–Kier alpha value is -1.43. The molecule has 1 amide bonds. The number of nitrogens with two attached hydrogens (primary N) is 1. The van der Waals surface area contributed by atoms with Gasteiger partial charge in [0, 0.05) is 11.1 Å². The molecule has 5 nitrogen and oxygen atoms in total. The fourth-order valence-electron chi connectivity index (χ4n) is 1.04. The lowest BCUT2D eigenvalue weighted by Crippen LogP contribution is -2.19. The van der Waals surface area contributed by atoms with E-state index in [1.807, 2.05) is 6.92 Å². The predicted molar refractivity (Wildman–Crippen MR) is 50.6 cm³/mol. The third-order valence-corrected chi connectivity index (χ3v) is 2.48. The van der Waals surface area contributed by atoms with E-state index < -0.39 is 0 Å². The van der Waals surface area contributed by atoms with Crippen LogP contribution in [0.2, 0.25) is 0 Å². The van der Waals surface area contributed by atoms with E-state index in [1.165, 1.54) is 16.3 Å². The Bertz CT molecular complexity index is 384. The van der Waals surface area contributed by atoms with Crippen LogP contribution in [0.15, 0.2) is 11.3 Å². The monoisotopic (exact) mass is 196 g/mol. The third-order valence-electron chi connectivity index (χ3n) is 1.59. The molecule has 0 aromatic carbocycles. The van der Waals surface area contributed by atoms with Crippen LogP contribution in [-0.2, 0) is 4.79 Å². The van der Waals surface area contributed by atoms with Gasteiger partial charge in [-0.1, -0.05) is 0 Å². The smallest absolute Gasteiger partial charge is 0.257 e. The van der Waals surface area contributed by atoms with Crippen molar-refractivity contribution in [2.24, 2.45) is 10.8 Å². The quantitative estimate of drug-likeness (QED) is 0.709. The lowest BCUT2D eigenvalue weighted by molar-refractivity contribution is -0.116. The number of amidine groups is 1. The Labute approximate surface area is 78.9 Å². The first-order valence-corrected chi connectivity index (χ1v) is 4.57. The second kappa shape index (κ2) is 2.81. The van der Waals surface area contributed by atoms with Gasteiger partial charge in [0.25, 0.3) is 5.91 Å². The number of rotatable bonds is 1. The molecule has 1 aromatic rings. The van der Waals surface area contributed by atoms with Crippen LogP contribution in [0, 0.1) is 6.92 Å². The fraction of sp³-hybridized carbons (Fsp3) is 0.286. The zero-order valence-corrected chi connectivity index (χ0v) is 7.84. The highest BCUT2D eigenvalue weighted by Crippen LogP contribution is 2.24. The lowest BCUT2D eigenvalue weighted by atomic mass is 10.4. The highest BCUT2D eigenvalue weighted by molar-refractivity contribution is 7.15. The molecule has 0 fully saturated rings. The van der Waals surface area contributed by atoms with Gasteiger partial charge in [0.05, 0.1) is 6.42 Å². The van der Waals surface area contributed by atoms with Gasteiger partial charge in [-0.3, -0.25) is 4.79 Å². The van der Waals surface area contributed by atoms with E-state index in [4.69, 9.17) is 5.73 Å². The molecule has 0 saturated heterocycles. The topological polar surface area (TPSA) is 71.6 Å². The maximum Gasteiger partial charge on any atom is 0.257 e. The Morgan fingerprint density at radius 2 is 2.46 bits per heavy atom. The van der Waals surface area contributed by atoms with Crippen LogP contribution >= 0.6 is 11.3 Å². The van der Waals surface area contributed by atoms with Crippen molar-refractivity contribution in [2.75, 3.05) is 5.01 Å². The minimum atomic E-state index is -0.119. The van der Waals surface area contributed by atoms with Crippen LogP contribution in [0.4, 0.5) is 5.13 Å². The first kappa shape index (κ1) is 8.18. The van der Waals surface area contributed by atoms with Gasteiger partial charge in [-0.25, -0.2) is 4.98 Å². The van der Waals surface area contributed by atoms with Gasteiger partial charge < -0.3 is 5.73 Å². The summed E-state index contributed by atoms with van der Waals surface area (Å²) in [5.41, 5.74) is 5.42. The molecule has 6 heteroatoms. The normalized spacial score (nSPS) is 16.5. The van der Waals surface area contributed by atoms with Crippen LogP contribution in [0.1, 0.15) is 11.3 Å². The van der Waals surface area contributed by atoms with Crippen LogP contribution in [-0.4, -0.2) is 16.7 Å². The van der Waals surface area contributed by atoms with Crippen molar-refractivity contribution in [3.05, 3.63) is 11.1 Å². The average molecular weight is 196 g/mol. The summed E-state index contributed by atoms with van der Waals surface area (Å²) in [5, 5.41) is 5.72. The number of hydrazone groups is 1. The third kappa shape index (κ3) is 1.40. The second-order valence-corrected chi connectivity index (χ2v) is 3.94. The molecule has 0 aliphatic carbocycles. The molecule has 2 rings (SSSR count). The van der Waals surface area contributed by atoms with Gasteiger partial charge in [0.1, 0.15) is 5.84 Å². The highest BCUT2D eigenvalue weighted by atomic mass is 32.1. The van der Waals surface area contributed by atoms with Crippen molar-refractivity contribution in [1.29, 1.82) is 0 Å². The van der Waals surface area contributed by atoms with E-state index in [1.54, 1.807) is 6.20 Å². The summed E-state index contributed by atoms with van der Waals surface area (Å²) >= 11 is 1.42. The number of amides is 1. The molecule has 13 heavy (non-hydrogen) atoms. The number of aryl methyl sites for hydroxylation is 1. The van der Waals surface area contributed by atoms with Crippen LogP contribution in [0.25, 0.3) is 0 Å². The van der Waals surface area contributed by atoms with Gasteiger partial charge >= 0.3 is 0 Å². The number of nitrogens with zero attached hydrogens (tertiary/aromatic N) is 3. The van der Waals surface area contributed by atoms with Gasteiger partial charge in [0.2, 0.25) is 5.13 Å². The molecular weight excluding hydrogens is 188 g/mol. The molecule has 0 radical (unpaired) electrons. The van der Waals surface area contributed by atoms with Crippen molar-refractivity contribution in [1.82, 2.24) is 4.98 Å². The Morgan fingerprint density at radius 1 is 1.69 bits per heavy atom. The summed E-state index contributed by atoms with van der Waals surface area (Å²) < 4.78 is 0. The van der Waals surface area contributed by atoms with Crippen molar-refractivity contribution >= 4 is 28.2 Å². The molecule has 0 saturated carbocycles. The zero-order valence-electron chi connectivity index (χ0n) is 7.02. The number of carbonyl (C=O) groups is 1. The van der Waals surface area contributed by atoms with Crippen molar-refractivity contribution in [3.8, 4) is 0 Å². The van der Waals surface area contributed by atoms with Crippen LogP contribution in [0.3, 0.4) is 0 Å². The fourth-order valence-corrected chi connectivity index (χ4v) is 1.77. The number of aromatic nitrogens is 1. The largest absolute Gasteiger partial charge is 0.385 e. The molecule has 0 unspecified atom stereocenters. The summed E-state index contributed by atoms with van der Waals surface area (Å²) in [6.07, 6.45) is 1.90. The van der Waals surface area contributed by atoms with E-state index in [9.17, 15) is 4.79 Å². The van der Waals surface area contributed by atoms with Crippen molar-refractivity contribution in [3.63, 3.8) is 0 Å². The average Bonchev–Trinajstić information content (AvgIpc) is 2.58. The summed E-state index contributed by atoms with van der Waals surface area (Å²) in [6.45, 7) is 1.93. The predicted octanol–water partition coefficient (Wildman–Crippen LogP) is 0.460. The minimum Gasteiger partial charge on any atom is -0.385 e. The number of hydrogen-bond donors (Lipinski definition) is 1. The van der Waals surface area contributed by atoms with E-state index in [0.29, 0.717) is 11.0 Å². The molecular formula is C7H8N4OS. The Balaban J connectivity index is 2.32. The maximum absolute atomic E-state index is 11.3. The Kier molecular flexibility index (Phi) is 1.77. The molecule has 1 aliphatic rings. The summed E-state index contributed by atoms with van der Waals surface area (Å²) in [5.74, 6) is 0.227. The molecule has 2 N–H and O–H groups in total. The van der Waals surface area contributed by atoms with Gasteiger partial charge in [-0.2, -0.15) is 5.01 Å². The highest BCUT2D eigenvalue weighted by Gasteiger charge is 2.25. The molecule has 1 aliphatic heterocycles. The van der Waals surface area contributed by atoms with Gasteiger partial charge in [0.15, 0.2) is 0 Å². The number of carbonyl (C=O) groups excluding carboxylic acids is 1. The minimum absolute atomic E-state index is 0.119. The molecule has 0 bridgehead atoms. The molecule has 1 aromatic heterocycles. The summed E-state index contributed by atoms with van der Waals surface area (Å²) in [4.78, 5) is 16.4. The van der Waals surface area contributed by atoms with Crippen LogP contribution < -0.4 is 10.7 Å². The molecule has 2 heterocycles.